The molecule has 1 aromatic carbocycles. The fourth-order valence-electron chi connectivity index (χ4n) is 1.66. The minimum atomic E-state index is 0.195. The number of hydrogen-bond acceptors (Lipinski definition) is 3. The molecule has 0 fully saturated rings. The Morgan fingerprint density at radius 3 is 2.31 bits per heavy atom. The summed E-state index contributed by atoms with van der Waals surface area (Å²) in [6, 6.07) is 8.32. The summed E-state index contributed by atoms with van der Waals surface area (Å²) in [7, 11) is 0. The molecule has 0 spiro atoms. The molecule has 0 heterocycles. The van der Waals surface area contributed by atoms with Crippen LogP contribution in [0.25, 0.3) is 0 Å². The average Bonchev–Trinajstić information content (AvgIpc) is 2.28. The number of hydrogen-bond donors (Lipinski definition) is 2. The first kappa shape index (κ1) is 13.0. The fourth-order valence-corrected chi connectivity index (χ4v) is 1.66. The SMILES string of the molecule is CCCOc1ccc(C(NN)C(C)C)cc1. The van der Waals surface area contributed by atoms with Crippen molar-refractivity contribution in [3.8, 4) is 5.75 Å². The van der Waals surface area contributed by atoms with Crippen molar-refractivity contribution in [2.45, 2.75) is 33.2 Å². The highest BCUT2D eigenvalue weighted by Gasteiger charge is 2.13. The maximum absolute atomic E-state index is 5.54. The second kappa shape index (κ2) is 6.51. The van der Waals surface area contributed by atoms with Crippen molar-refractivity contribution in [1.29, 1.82) is 0 Å². The van der Waals surface area contributed by atoms with Crippen LogP contribution < -0.4 is 16.0 Å². The molecule has 0 radical (unpaired) electrons. The first-order valence-corrected chi connectivity index (χ1v) is 5.88. The lowest BCUT2D eigenvalue weighted by Gasteiger charge is -2.20. The predicted octanol–water partition coefficient (Wildman–Crippen LogP) is 2.64. The molecule has 1 rings (SSSR count). The molecule has 0 bridgehead atoms. The third-order valence-corrected chi connectivity index (χ3v) is 2.56. The standard InChI is InChI=1S/C13H22N2O/c1-4-9-16-12-7-5-11(6-8-12)13(15-14)10(2)3/h5-8,10,13,15H,4,9,14H2,1-3H3. The number of ether oxygens (including phenoxy) is 1. The summed E-state index contributed by atoms with van der Waals surface area (Å²) in [6.07, 6.45) is 1.03. The molecule has 0 saturated heterocycles. The van der Waals surface area contributed by atoms with Crippen molar-refractivity contribution in [3.05, 3.63) is 29.8 Å². The third kappa shape index (κ3) is 3.51. The van der Waals surface area contributed by atoms with E-state index in [0.29, 0.717) is 5.92 Å². The maximum atomic E-state index is 5.54. The van der Waals surface area contributed by atoms with Gasteiger partial charge in [0.1, 0.15) is 5.75 Å². The zero-order chi connectivity index (χ0) is 12.0. The Hall–Kier alpha value is -1.06. The summed E-state index contributed by atoms with van der Waals surface area (Å²) in [6.45, 7) is 7.15. The van der Waals surface area contributed by atoms with Crippen molar-refractivity contribution in [3.63, 3.8) is 0 Å². The van der Waals surface area contributed by atoms with Gasteiger partial charge in [-0.25, -0.2) is 0 Å². The van der Waals surface area contributed by atoms with Crippen LogP contribution in [0.1, 0.15) is 38.8 Å². The molecule has 1 unspecified atom stereocenters. The predicted molar refractivity (Wildman–Crippen MR) is 67.1 cm³/mol. The Labute approximate surface area is 98.0 Å². The zero-order valence-corrected chi connectivity index (χ0v) is 10.4. The van der Waals surface area contributed by atoms with E-state index in [1.165, 1.54) is 5.56 Å². The first-order valence-electron chi connectivity index (χ1n) is 5.88. The zero-order valence-electron chi connectivity index (χ0n) is 10.4. The molecule has 0 saturated carbocycles. The fraction of sp³-hybridized carbons (Fsp3) is 0.538. The molecular weight excluding hydrogens is 200 g/mol. The maximum Gasteiger partial charge on any atom is 0.119 e. The number of rotatable bonds is 6. The lowest BCUT2D eigenvalue weighted by Crippen LogP contribution is -2.31. The van der Waals surface area contributed by atoms with E-state index in [1.807, 2.05) is 12.1 Å². The van der Waals surface area contributed by atoms with Crippen LogP contribution in [-0.2, 0) is 0 Å². The summed E-state index contributed by atoms with van der Waals surface area (Å²) in [5.41, 5.74) is 4.04. The highest BCUT2D eigenvalue weighted by Crippen LogP contribution is 2.23. The number of nitrogens with one attached hydrogen (secondary N) is 1. The lowest BCUT2D eigenvalue weighted by molar-refractivity contribution is 0.317. The molecule has 3 nitrogen and oxygen atoms in total. The quantitative estimate of drug-likeness (QED) is 0.574. The highest BCUT2D eigenvalue weighted by atomic mass is 16.5. The minimum Gasteiger partial charge on any atom is -0.494 e. The Morgan fingerprint density at radius 2 is 1.88 bits per heavy atom. The number of hydrazine groups is 1. The normalized spacial score (nSPS) is 12.8. The van der Waals surface area contributed by atoms with E-state index < -0.39 is 0 Å². The summed E-state index contributed by atoms with van der Waals surface area (Å²) < 4.78 is 5.53. The first-order chi connectivity index (χ1) is 7.69. The van der Waals surface area contributed by atoms with Crippen molar-refractivity contribution in [2.75, 3.05) is 6.61 Å². The highest BCUT2D eigenvalue weighted by molar-refractivity contribution is 5.29. The molecule has 0 aliphatic heterocycles. The molecule has 0 aliphatic carbocycles. The van der Waals surface area contributed by atoms with Gasteiger partial charge in [0.25, 0.3) is 0 Å². The molecule has 16 heavy (non-hydrogen) atoms. The van der Waals surface area contributed by atoms with E-state index in [-0.39, 0.29) is 6.04 Å². The molecule has 90 valence electrons. The van der Waals surface area contributed by atoms with E-state index in [0.717, 1.165) is 18.8 Å². The molecule has 3 heteroatoms. The van der Waals surface area contributed by atoms with Crippen molar-refractivity contribution < 1.29 is 4.74 Å². The largest absolute Gasteiger partial charge is 0.494 e. The van der Waals surface area contributed by atoms with Crippen LogP contribution >= 0.6 is 0 Å². The van der Waals surface area contributed by atoms with Crippen LogP contribution in [0.3, 0.4) is 0 Å². The van der Waals surface area contributed by atoms with Crippen LogP contribution in [-0.4, -0.2) is 6.61 Å². The van der Waals surface area contributed by atoms with Crippen LogP contribution in [0.15, 0.2) is 24.3 Å². The van der Waals surface area contributed by atoms with Gasteiger partial charge in [0, 0.05) is 6.04 Å². The summed E-state index contributed by atoms with van der Waals surface area (Å²) in [5.74, 6) is 6.93. The van der Waals surface area contributed by atoms with Gasteiger partial charge in [0.2, 0.25) is 0 Å². The van der Waals surface area contributed by atoms with Gasteiger partial charge in [-0.15, -0.1) is 0 Å². The van der Waals surface area contributed by atoms with Crippen LogP contribution in [0.4, 0.5) is 0 Å². The van der Waals surface area contributed by atoms with E-state index in [1.54, 1.807) is 0 Å². The smallest absolute Gasteiger partial charge is 0.119 e. The monoisotopic (exact) mass is 222 g/mol. The second-order valence-corrected chi connectivity index (χ2v) is 4.31. The summed E-state index contributed by atoms with van der Waals surface area (Å²) in [4.78, 5) is 0. The Bertz CT molecular complexity index is 295. The Kier molecular flexibility index (Phi) is 5.29. The van der Waals surface area contributed by atoms with Crippen molar-refractivity contribution in [1.82, 2.24) is 5.43 Å². The van der Waals surface area contributed by atoms with Crippen LogP contribution in [0.5, 0.6) is 5.75 Å². The molecule has 0 aromatic heterocycles. The lowest BCUT2D eigenvalue weighted by atomic mass is 9.97. The number of nitrogens with two attached hydrogens (primary N) is 1. The van der Waals surface area contributed by atoms with Gasteiger partial charge < -0.3 is 4.74 Å². The van der Waals surface area contributed by atoms with E-state index in [9.17, 15) is 0 Å². The van der Waals surface area contributed by atoms with Gasteiger partial charge in [-0.3, -0.25) is 11.3 Å². The average molecular weight is 222 g/mol. The van der Waals surface area contributed by atoms with E-state index in [4.69, 9.17) is 10.6 Å². The third-order valence-electron chi connectivity index (χ3n) is 2.56. The summed E-state index contributed by atoms with van der Waals surface area (Å²) >= 11 is 0. The Balaban J connectivity index is 2.69. The molecule has 0 amide bonds. The van der Waals surface area contributed by atoms with Gasteiger partial charge in [0.15, 0.2) is 0 Å². The van der Waals surface area contributed by atoms with Crippen molar-refractivity contribution >= 4 is 0 Å². The molecular formula is C13H22N2O. The van der Waals surface area contributed by atoms with E-state index in [2.05, 4.69) is 38.3 Å². The Morgan fingerprint density at radius 1 is 1.25 bits per heavy atom. The second-order valence-electron chi connectivity index (χ2n) is 4.31. The molecule has 0 aliphatic rings. The van der Waals surface area contributed by atoms with Gasteiger partial charge in [0.05, 0.1) is 6.61 Å². The van der Waals surface area contributed by atoms with Crippen molar-refractivity contribution in [2.24, 2.45) is 11.8 Å². The topological polar surface area (TPSA) is 47.3 Å². The van der Waals surface area contributed by atoms with Gasteiger partial charge in [-0.1, -0.05) is 32.9 Å². The van der Waals surface area contributed by atoms with Crippen LogP contribution in [0, 0.1) is 5.92 Å². The summed E-state index contributed by atoms with van der Waals surface area (Å²) in [5, 5.41) is 0. The van der Waals surface area contributed by atoms with Gasteiger partial charge in [-0.05, 0) is 30.0 Å². The van der Waals surface area contributed by atoms with E-state index >= 15 is 0 Å². The molecule has 1 atom stereocenters. The molecule has 3 N–H and O–H groups in total. The minimum absolute atomic E-state index is 0.195. The van der Waals surface area contributed by atoms with Crippen LogP contribution in [0.2, 0.25) is 0 Å². The number of benzene rings is 1. The van der Waals surface area contributed by atoms with Gasteiger partial charge >= 0.3 is 0 Å². The van der Waals surface area contributed by atoms with Gasteiger partial charge in [-0.2, -0.15) is 0 Å². The molecule has 1 aromatic rings.